The molecule has 3 heteroatoms. The number of anilines is 1. The SMILES string of the molecule is CCCCN(CCCC)c1ncccc1CBr. The molecule has 0 N–H and O–H groups in total. The summed E-state index contributed by atoms with van der Waals surface area (Å²) in [6.07, 6.45) is 6.84. The summed E-state index contributed by atoms with van der Waals surface area (Å²) < 4.78 is 0. The lowest BCUT2D eigenvalue weighted by Crippen LogP contribution is -2.27. The molecule has 17 heavy (non-hydrogen) atoms. The van der Waals surface area contributed by atoms with Gasteiger partial charge in [-0.2, -0.15) is 0 Å². The Balaban J connectivity index is 2.78. The molecule has 0 unspecified atom stereocenters. The van der Waals surface area contributed by atoms with Crippen molar-refractivity contribution in [1.82, 2.24) is 4.98 Å². The van der Waals surface area contributed by atoms with Gasteiger partial charge >= 0.3 is 0 Å². The van der Waals surface area contributed by atoms with Crippen LogP contribution in [0.5, 0.6) is 0 Å². The van der Waals surface area contributed by atoms with Crippen molar-refractivity contribution in [3.63, 3.8) is 0 Å². The zero-order valence-electron chi connectivity index (χ0n) is 11.0. The first kappa shape index (κ1) is 14.5. The molecule has 0 aliphatic rings. The molecule has 0 fully saturated rings. The summed E-state index contributed by atoms with van der Waals surface area (Å²) in [5.41, 5.74) is 1.29. The van der Waals surface area contributed by atoms with Crippen molar-refractivity contribution < 1.29 is 0 Å². The third kappa shape index (κ3) is 4.66. The number of hydrogen-bond acceptors (Lipinski definition) is 2. The van der Waals surface area contributed by atoms with Gasteiger partial charge in [0.05, 0.1) is 0 Å². The molecule has 0 aliphatic heterocycles. The van der Waals surface area contributed by atoms with Crippen LogP contribution in [-0.2, 0) is 5.33 Å². The second-order valence-corrected chi connectivity index (χ2v) is 4.87. The topological polar surface area (TPSA) is 16.1 Å². The van der Waals surface area contributed by atoms with Crippen LogP contribution >= 0.6 is 15.9 Å². The van der Waals surface area contributed by atoms with Crippen LogP contribution in [0.25, 0.3) is 0 Å². The summed E-state index contributed by atoms with van der Waals surface area (Å²) in [6.45, 7) is 6.71. The average molecular weight is 299 g/mol. The number of rotatable bonds is 8. The average Bonchev–Trinajstić information content (AvgIpc) is 2.39. The highest BCUT2D eigenvalue weighted by Gasteiger charge is 2.10. The highest BCUT2D eigenvalue weighted by atomic mass is 79.9. The van der Waals surface area contributed by atoms with E-state index in [-0.39, 0.29) is 0 Å². The van der Waals surface area contributed by atoms with E-state index in [4.69, 9.17) is 0 Å². The molecule has 0 saturated carbocycles. The van der Waals surface area contributed by atoms with Gasteiger partial charge in [-0.1, -0.05) is 48.7 Å². The van der Waals surface area contributed by atoms with E-state index in [2.05, 4.69) is 45.7 Å². The molecule has 1 aromatic rings. The minimum absolute atomic E-state index is 0.880. The third-order valence-corrected chi connectivity index (χ3v) is 3.48. The van der Waals surface area contributed by atoms with Crippen LogP contribution in [0.4, 0.5) is 5.82 Å². The quantitative estimate of drug-likeness (QED) is 0.662. The highest BCUT2D eigenvalue weighted by molar-refractivity contribution is 9.08. The number of nitrogens with zero attached hydrogens (tertiary/aromatic N) is 2. The summed E-state index contributed by atoms with van der Waals surface area (Å²) in [7, 11) is 0. The number of unbranched alkanes of at least 4 members (excludes halogenated alkanes) is 2. The Kier molecular flexibility index (Phi) is 7.25. The number of alkyl halides is 1. The van der Waals surface area contributed by atoms with Gasteiger partial charge in [0.25, 0.3) is 0 Å². The van der Waals surface area contributed by atoms with Crippen LogP contribution in [0.3, 0.4) is 0 Å². The highest BCUT2D eigenvalue weighted by Crippen LogP contribution is 2.20. The Morgan fingerprint density at radius 3 is 2.35 bits per heavy atom. The predicted molar refractivity (Wildman–Crippen MR) is 78.9 cm³/mol. The molecule has 1 rings (SSSR count). The zero-order chi connectivity index (χ0) is 12.5. The molecule has 0 aliphatic carbocycles. The van der Waals surface area contributed by atoms with E-state index in [1.165, 1.54) is 31.2 Å². The van der Waals surface area contributed by atoms with Gasteiger partial charge in [-0.25, -0.2) is 4.98 Å². The second kappa shape index (κ2) is 8.51. The van der Waals surface area contributed by atoms with Crippen molar-refractivity contribution in [2.45, 2.75) is 44.9 Å². The minimum atomic E-state index is 0.880. The maximum absolute atomic E-state index is 4.55. The molecule has 0 bridgehead atoms. The van der Waals surface area contributed by atoms with Gasteiger partial charge in [0, 0.05) is 30.2 Å². The second-order valence-electron chi connectivity index (χ2n) is 4.31. The molecule has 0 saturated heterocycles. The van der Waals surface area contributed by atoms with Gasteiger partial charge in [0.15, 0.2) is 0 Å². The summed E-state index contributed by atoms with van der Waals surface area (Å²) in [4.78, 5) is 6.99. The van der Waals surface area contributed by atoms with Crippen LogP contribution in [0.2, 0.25) is 0 Å². The van der Waals surface area contributed by atoms with Crippen LogP contribution in [0.15, 0.2) is 18.3 Å². The van der Waals surface area contributed by atoms with Gasteiger partial charge < -0.3 is 4.90 Å². The molecule has 0 spiro atoms. The first-order valence-corrected chi connectivity index (χ1v) is 7.70. The van der Waals surface area contributed by atoms with E-state index in [1.54, 1.807) is 0 Å². The summed E-state index contributed by atoms with van der Waals surface area (Å²) in [5.74, 6) is 1.16. The minimum Gasteiger partial charge on any atom is -0.356 e. The number of aromatic nitrogens is 1. The normalized spacial score (nSPS) is 10.5. The monoisotopic (exact) mass is 298 g/mol. The lowest BCUT2D eigenvalue weighted by molar-refractivity contribution is 0.669. The van der Waals surface area contributed by atoms with E-state index >= 15 is 0 Å². The van der Waals surface area contributed by atoms with Crippen LogP contribution in [-0.4, -0.2) is 18.1 Å². The molecule has 1 heterocycles. The van der Waals surface area contributed by atoms with Crippen LogP contribution < -0.4 is 4.90 Å². The molecule has 96 valence electrons. The van der Waals surface area contributed by atoms with Crippen LogP contribution in [0.1, 0.15) is 45.1 Å². The molecule has 0 aromatic carbocycles. The Morgan fingerprint density at radius 2 is 1.82 bits per heavy atom. The van der Waals surface area contributed by atoms with Crippen LogP contribution in [0, 0.1) is 0 Å². The molecular weight excluding hydrogens is 276 g/mol. The number of hydrogen-bond donors (Lipinski definition) is 0. The maximum Gasteiger partial charge on any atom is 0.132 e. The van der Waals surface area contributed by atoms with Gasteiger partial charge in [0.1, 0.15) is 5.82 Å². The summed E-state index contributed by atoms with van der Waals surface area (Å²) in [6, 6.07) is 4.17. The number of halogens is 1. The molecular formula is C14H23BrN2. The van der Waals surface area contributed by atoms with Crippen molar-refractivity contribution in [2.24, 2.45) is 0 Å². The van der Waals surface area contributed by atoms with Crippen molar-refractivity contribution in [3.05, 3.63) is 23.9 Å². The Bertz CT molecular complexity index is 307. The standard InChI is InChI=1S/C14H23BrN2/c1-3-5-10-17(11-6-4-2)14-13(12-15)8-7-9-16-14/h7-9H,3-6,10-12H2,1-2H3. The fourth-order valence-corrected chi connectivity index (χ4v) is 2.28. The van der Waals surface area contributed by atoms with Gasteiger partial charge in [-0.15, -0.1) is 0 Å². The zero-order valence-corrected chi connectivity index (χ0v) is 12.5. The summed E-state index contributed by atoms with van der Waals surface area (Å²) in [5, 5.41) is 0.880. The first-order valence-electron chi connectivity index (χ1n) is 6.58. The van der Waals surface area contributed by atoms with Crippen molar-refractivity contribution >= 4 is 21.7 Å². The van der Waals surface area contributed by atoms with Gasteiger partial charge in [0.2, 0.25) is 0 Å². The lowest BCUT2D eigenvalue weighted by Gasteiger charge is -2.25. The summed E-state index contributed by atoms with van der Waals surface area (Å²) >= 11 is 3.55. The fourth-order valence-electron chi connectivity index (χ4n) is 1.84. The van der Waals surface area contributed by atoms with Gasteiger partial charge in [-0.3, -0.25) is 0 Å². The molecule has 0 amide bonds. The van der Waals surface area contributed by atoms with Gasteiger partial charge in [-0.05, 0) is 18.9 Å². The van der Waals surface area contributed by atoms with E-state index in [0.717, 1.165) is 24.2 Å². The Morgan fingerprint density at radius 1 is 1.18 bits per heavy atom. The Hall–Kier alpha value is -0.570. The van der Waals surface area contributed by atoms with E-state index < -0.39 is 0 Å². The predicted octanol–water partition coefficient (Wildman–Crippen LogP) is 4.38. The fraction of sp³-hybridized carbons (Fsp3) is 0.643. The molecule has 0 atom stereocenters. The first-order chi connectivity index (χ1) is 8.33. The van der Waals surface area contributed by atoms with Crippen molar-refractivity contribution in [3.8, 4) is 0 Å². The molecule has 2 nitrogen and oxygen atoms in total. The Labute approximate surface area is 114 Å². The smallest absolute Gasteiger partial charge is 0.132 e. The van der Waals surface area contributed by atoms with Crippen molar-refractivity contribution in [1.29, 1.82) is 0 Å². The molecule has 1 aromatic heterocycles. The maximum atomic E-state index is 4.55. The molecule has 0 radical (unpaired) electrons. The lowest BCUT2D eigenvalue weighted by atomic mass is 10.2. The van der Waals surface area contributed by atoms with Crippen molar-refractivity contribution in [2.75, 3.05) is 18.0 Å². The van der Waals surface area contributed by atoms with E-state index in [9.17, 15) is 0 Å². The third-order valence-electron chi connectivity index (χ3n) is 2.87. The van der Waals surface area contributed by atoms with E-state index in [0.29, 0.717) is 0 Å². The number of pyridine rings is 1. The van der Waals surface area contributed by atoms with E-state index in [1.807, 2.05) is 12.3 Å². The largest absolute Gasteiger partial charge is 0.356 e.